The minimum atomic E-state index is 0.520. The maximum atomic E-state index is 4.05. The first-order valence-corrected chi connectivity index (χ1v) is 6.64. The van der Waals surface area contributed by atoms with Crippen molar-refractivity contribution >= 4 is 6.08 Å². The number of benzene rings is 1. The molecule has 0 atom stereocenters. The van der Waals surface area contributed by atoms with Crippen molar-refractivity contribution in [1.82, 2.24) is 14.9 Å². The van der Waals surface area contributed by atoms with Crippen molar-refractivity contribution in [3.05, 3.63) is 54.1 Å². The van der Waals surface area contributed by atoms with Crippen LogP contribution in [0.15, 0.2) is 48.6 Å². The summed E-state index contributed by atoms with van der Waals surface area (Å²) in [6, 6.07) is 9.00. The Kier molecular flexibility index (Phi) is 4.53. The lowest BCUT2D eigenvalue weighted by Gasteiger charge is -2.08. The molecule has 0 aliphatic carbocycles. The highest BCUT2D eigenvalue weighted by molar-refractivity contribution is 5.54. The van der Waals surface area contributed by atoms with Crippen molar-refractivity contribution in [2.75, 3.05) is 6.54 Å². The SMILES string of the molecule is CC(=Cc1ccc(-n2ccnc2)cc1)CNC(C)C. The number of aromatic nitrogens is 2. The van der Waals surface area contributed by atoms with Crippen LogP contribution < -0.4 is 5.32 Å². The van der Waals surface area contributed by atoms with E-state index in [0.717, 1.165) is 12.2 Å². The number of nitrogens with zero attached hydrogens (tertiary/aromatic N) is 2. The Morgan fingerprint density at radius 1 is 1.32 bits per heavy atom. The zero-order chi connectivity index (χ0) is 13.7. The quantitative estimate of drug-likeness (QED) is 0.888. The van der Waals surface area contributed by atoms with Crippen LogP contribution >= 0.6 is 0 Å². The van der Waals surface area contributed by atoms with Crippen molar-refractivity contribution in [2.24, 2.45) is 0 Å². The van der Waals surface area contributed by atoms with Gasteiger partial charge in [-0.1, -0.05) is 37.6 Å². The number of rotatable bonds is 5. The van der Waals surface area contributed by atoms with Crippen LogP contribution in [0.5, 0.6) is 0 Å². The molecule has 1 N–H and O–H groups in total. The Hall–Kier alpha value is -1.87. The molecule has 0 aliphatic rings. The fraction of sp³-hybridized carbons (Fsp3) is 0.312. The summed E-state index contributed by atoms with van der Waals surface area (Å²) in [5.41, 5.74) is 3.70. The average Bonchev–Trinajstić information content (AvgIpc) is 2.91. The Morgan fingerprint density at radius 2 is 2.05 bits per heavy atom. The fourth-order valence-electron chi connectivity index (χ4n) is 1.86. The van der Waals surface area contributed by atoms with Gasteiger partial charge in [0.15, 0.2) is 0 Å². The molecule has 0 spiro atoms. The van der Waals surface area contributed by atoms with Crippen molar-refractivity contribution < 1.29 is 0 Å². The second-order valence-corrected chi connectivity index (χ2v) is 5.09. The maximum Gasteiger partial charge on any atom is 0.0991 e. The van der Waals surface area contributed by atoms with Gasteiger partial charge in [0.1, 0.15) is 0 Å². The minimum absolute atomic E-state index is 0.520. The van der Waals surface area contributed by atoms with Crippen molar-refractivity contribution in [3.63, 3.8) is 0 Å². The summed E-state index contributed by atoms with van der Waals surface area (Å²) in [4.78, 5) is 4.05. The molecule has 3 heteroatoms. The van der Waals surface area contributed by atoms with Gasteiger partial charge in [-0.3, -0.25) is 0 Å². The topological polar surface area (TPSA) is 29.9 Å². The third kappa shape index (κ3) is 4.07. The molecule has 1 heterocycles. The summed E-state index contributed by atoms with van der Waals surface area (Å²) < 4.78 is 2.00. The number of hydrogen-bond donors (Lipinski definition) is 1. The molecule has 0 unspecified atom stereocenters. The minimum Gasteiger partial charge on any atom is -0.311 e. The third-order valence-corrected chi connectivity index (χ3v) is 2.90. The summed E-state index contributed by atoms with van der Waals surface area (Å²) in [7, 11) is 0. The molecule has 0 radical (unpaired) electrons. The standard InChI is InChI=1S/C16H21N3/c1-13(2)18-11-14(3)10-15-4-6-16(7-5-15)19-9-8-17-12-19/h4-10,12-13,18H,11H2,1-3H3. The lowest BCUT2D eigenvalue weighted by atomic mass is 10.1. The van der Waals surface area contributed by atoms with E-state index in [1.807, 2.05) is 17.1 Å². The molecule has 0 amide bonds. The van der Waals surface area contributed by atoms with Crippen LogP contribution in [0.4, 0.5) is 0 Å². The highest BCUT2D eigenvalue weighted by atomic mass is 15.0. The second kappa shape index (κ2) is 6.34. The lowest BCUT2D eigenvalue weighted by Crippen LogP contribution is -2.24. The predicted octanol–water partition coefficient (Wildman–Crippen LogP) is 3.27. The van der Waals surface area contributed by atoms with Gasteiger partial charge in [0, 0.05) is 30.7 Å². The van der Waals surface area contributed by atoms with E-state index in [1.165, 1.54) is 11.1 Å². The first-order valence-electron chi connectivity index (χ1n) is 6.64. The molecule has 0 bridgehead atoms. The Labute approximate surface area is 115 Å². The van der Waals surface area contributed by atoms with E-state index in [4.69, 9.17) is 0 Å². The Bertz CT molecular complexity index is 522. The molecule has 0 saturated heterocycles. The van der Waals surface area contributed by atoms with Crippen LogP contribution in [0.25, 0.3) is 11.8 Å². The van der Waals surface area contributed by atoms with Gasteiger partial charge in [-0.2, -0.15) is 0 Å². The van der Waals surface area contributed by atoms with Gasteiger partial charge in [-0.15, -0.1) is 0 Å². The van der Waals surface area contributed by atoms with E-state index in [1.54, 1.807) is 6.20 Å². The average molecular weight is 255 g/mol. The number of nitrogens with one attached hydrogen (secondary N) is 1. The van der Waals surface area contributed by atoms with Crippen LogP contribution in [0.2, 0.25) is 0 Å². The van der Waals surface area contributed by atoms with Crippen molar-refractivity contribution in [3.8, 4) is 5.69 Å². The Morgan fingerprint density at radius 3 is 2.63 bits per heavy atom. The van der Waals surface area contributed by atoms with Crippen LogP contribution in [-0.4, -0.2) is 22.1 Å². The summed E-state index contributed by atoms with van der Waals surface area (Å²) >= 11 is 0. The second-order valence-electron chi connectivity index (χ2n) is 5.09. The van der Waals surface area contributed by atoms with Crippen LogP contribution in [-0.2, 0) is 0 Å². The van der Waals surface area contributed by atoms with Gasteiger partial charge in [0.05, 0.1) is 6.33 Å². The van der Waals surface area contributed by atoms with Gasteiger partial charge in [-0.25, -0.2) is 4.98 Å². The molecule has 100 valence electrons. The van der Waals surface area contributed by atoms with Crippen molar-refractivity contribution in [1.29, 1.82) is 0 Å². The molecule has 3 nitrogen and oxygen atoms in total. The highest BCUT2D eigenvalue weighted by Crippen LogP contribution is 2.12. The fourth-order valence-corrected chi connectivity index (χ4v) is 1.86. The molecular formula is C16H21N3. The number of imidazole rings is 1. The molecule has 1 aromatic heterocycles. The van der Waals surface area contributed by atoms with E-state index in [2.05, 4.69) is 61.4 Å². The van der Waals surface area contributed by atoms with Gasteiger partial charge in [0.2, 0.25) is 0 Å². The molecular weight excluding hydrogens is 234 g/mol. The Balaban J connectivity index is 2.04. The van der Waals surface area contributed by atoms with Crippen LogP contribution in [0.1, 0.15) is 26.3 Å². The zero-order valence-electron chi connectivity index (χ0n) is 11.8. The molecule has 0 aliphatic heterocycles. The summed E-state index contributed by atoms with van der Waals surface area (Å²) in [5, 5.41) is 3.42. The van der Waals surface area contributed by atoms with E-state index >= 15 is 0 Å². The van der Waals surface area contributed by atoms with E-state index in [0.29, 0.717) is 6.04 Å². The van der Waals surface area contributed by atoms with Crippen molar-refractivity contribution in [2.45, 2.75) is 26.8 Å². The monoisotopic (exact) mass is 255 g/mol. The van der Waals surface area contributed by atoms with E-state index in [-0.39, 0.29) is 0 Å². The normalized spacial score (nSPS) is 12.1. The van der Waals surface area contributed by atoms with Gasteiger partial charge in [0.25, 0.3) is 0 Å². The molecule has 0 fully saturated rings. The lowest BCUT2D eigenvalue weighted by molar-refractivity contribution is 0.623. The largest absolute Gasteiger partial charge is 0.311 e. The molecule has 19 heavy (non-hydrogen) atoms. The molecule has 0 saturated carbocycles. The predicted molar refractivity (Wildman–Crippen MR) is 80.4 cm³/mol. The summed E-state index contributed by atoms with van der Waals surface area (Å²) in [5.74, 6) is 0. The smallest absolute Gasteiger partial charge is 0.0991 e. The van der Waals surface area contributed by atoms with E-state index < -0.39 is 0 Å². The van der Waals surface area contributed by atoms with E-state index in [9.17, 15) is 0 Å². The first-order chi connectivity index (χ1) is 9.15. The van der Waals surface area contributed by atoms with Gasteiger partial charge >= 0.3 is 0 Å². The zero-order valence-corrected chi connectivity index (χ0v) is 11.8. The molecule has 2 aromatic rings. The molecule has 2 rings (SSSR count). The van der Waals surface area contributed by atoms with Crippen LogP contribution in [0, 0.1) is 0 Å². The van der Waals surface area contributed by atoms with Crippen LogP contribution in [0.3, 0.4) is 0 Å². The maximum absolute atomic E-state index is 4.05. The van der Waals surface area contributed by atoms with Gasteiger partial charge < -0.3 is 9.88 Å². The first kappa shape index (κ1) is 13.6. The molecule has 1 aromatic carbocycles. The summed E-state index contributed by atoms with van der Waals surface area (Å²) in [6.45, 7) is 7.40. The number of hydrogen-bond acceptors (Lipinski definition) is 2. The summed E-state index contributed by atoms with van der Waals surface area (Å²) in [6.07, 6.45) is 7.76. The highest BCUT2D eigenvalue weighted by Gasteiger charge is 1.97. The third-order valence-electron chi connectivity index (χ3n) is 2.90. The van der Waals surface area contributed by atoms with Gasteiger partial charge in [-0.05, 0) is 24.6 Å².